The van der Waals surface area contributed by atoms with Crippen molar-refractivity contribution in [3.8, 4) is 5.75 Å². The highest BCUT2D eigenvalue weighted by molar-refractivity contribution is 6.30. The molecule has 0 aromatic heterocycles. The first-order valence-electron chi connectivity index (χ1n) is 9.60. The first kappa shape index (κ1) is 17.4. The number of para-hydroxylation sites is 1. The summed E-state index contributed by atoms with van der Waals surface area (Å²) < 4.78 is 6.80. The van der Waals surface area contributed by atoms with Gasteiger partial charge < -0.3 is 9.64 Å². The minimum atomic E-state index is -0.604. The van der Waals surface area contributed by atoms with E-state index in [1.54, 1.807) is 0 Å². The zero-order valence-corrected chi connectivity index (χ0v) is 16.8. The lowest BCUT2D eigenvalue weighted by Crippen LogP contribution is -2.59. The lowest BCUT2D eigenvalue weighted by atomic mass is 9.76. The van der Waals surface area contributed by atoms with Crippen molar-refractivity contribution >= 4 is 23.4 Å². The summed E-state index contributed by atoms with van der Waals surface area (Å²) in [5.41, 5.74) is 3.96. The highest BCUT2D eigenvalue weighted by Crippen LogP contribution is 2.55. The molecule has 0 bridgehead atoms. The molecule has 28 heavy (non-hydrogen) atoms. The smallest absolute Gasteiger partial charge is 0.212 e. The Labute approximate surface area is 171 Å². The van der Waals surface area contributed by atoms with Gasteiger partial charge in [-0.25, -0.2) is 0 Å². The number of benzene rings is 3. The number of hydrogen-bond donors (Lipinski definition) is 0. The first-order chi connectivity index (χ1) is 13.5. The van der Waals surface area contributed by atoms with Crippen LogP contribution in [0, 0.1) is 0 Å². The predicted octanol–water partition coefficient (Wildman–Crippen LogP) is 6.44. The van der Waals surface area contributed by atoms with E-state index in [0.717, 1.165) is 22.9 Å². The summed E-state index contributed by atoms with van der Waals surface area (Å²) in [5.74, 6) is 0.867. The average Bonchev–Trinajstić information content (AvgIpc) is 2.88. The summed E-state index contributed by atoms with van der Waals surface area (Å²) in [6, 6.07) is 25.0. The van der Waals surface area contributed by atoms with Gasteiger partial charge in [0.1, 0.15) is 5.75 Å². The average molecular weight is 388 g/mol. The topological polar surface area (TPSA) is 12.5 Å². The van der Waals surface area contributed by atoms with Crippen LogP contribution in [0.4, 0.5) is 5.69 Å². The Bertz CT molecular complexity index is 1070. The minimum Gasteiger partial charge on any atom is -0.463 e. The Morgan fingerprint density at radius 3 is 2.50 bits per heavy atom. The van der Waals surface area contributed by atoms with Gasteiger partial charge in [0.25, 0.3) is 0 Å². The van der Waals surface area contributed by atoms with E-state index in [9.17, 15) is 0 Å². The molecule has 0 saturated carbocycles. The molecule has 3 heteroatoms. The van der Waals surface area contributed by atoms with Gasteiger partial charge in [-0.05, 0) is 61.4 Å². The van der Waals surface area contributed by atoms with Crippen LogP contribution in [-0.4, -0.2) is 5.72 Å². The van der Waals surface area contributed by atoms with E-state index in [1.165, 1.54) is 16.8 Å². The molecule has 2 aliphatic heterocycles. The molecular weight excluding hydrogens is 366 g/mol. The van der Waals surface area contributed by atoms with Crippen molar-refractivity contribution in [1.29, 1.82) is 0 Å². The van der Waals surface area contributed by atoms with Gasteiger partial charge >= 0.3 is 0 Å². The largest absolute Gasteiger partial charge is 0.463 e. The fourth-order valence-corrected chi connectivity index (χ4v) is 4.72. The molecule has 0 radical (unpaired) electrons. The van der Waals surface area contributed by atoms with Gasteiger partial charge in [0.2, 0.25) is 5.72 Å². The van der Waals surface area contributed by atoms with E-state index in [4.69, 9.17) is 16.3 Å². The molecule has 1 spiro atoms. The Balaban J connectivity index is 1.68. The van der Waals surface area contributed by atoms with E-state index in [-0.39, 0.29) is 5.41 Å². The second kappa shape index (κ2) is 6.15. The molecule has 2 heterocycles. The third-order valence-corrected chi connectivity index (χ3v) is 6.31. The molecule has 0 aliphatic carbocycles. The third-order valence-electron chi connectivity index (χ3n) is 6.07. The Kier molecular flexibility index (Phi) is 3.82. The molecule has 3 aromatic carbocycles. The lowest BCUT2D eigenvalue weighted by molar-refractivity contribution is 0.0521. The van der Waals surface area contributed by atoms with Gasteiger partial charge in [0, 0.05) is 22.8 Å². The maximum absolute atomic E-state index is 6.80. The summed E-state index contributed by atoms with van der Waals surface area (Å²) in [5, 5.41) is 0.720. The number of nitrogens with zero attached hydrogens (tertiary/aromatic N) is 1. The second-order valence-electron chi connectivity index (χ2n) is 8.03. The second-order valence-corrected chi connectivity index (χ2v) is 8.46. The van der Waals surface area contributed by atoms with Crippen LogP contribution < -0.4 is 9.64 Å². The number of halogens is 1. The van der Waals surface area contributed by atoms with Gasteiger partial charge in [-0.3, -0.25) is 0 Å². The Hall–Kier alpha value is -2.71. The molecule has 5 rings (SSSR count). The molecule has 0 fully saturated rings. The lowest BCUT2D eigenvalue weighted by Gasteiger charge is -2.47. The number of hydrogen-bond acceptors (Lipinski definition) is 2. The van der Waals surface area contributed by atoms with Crippen LogP contribution in [0.15, 0.2) is 78.9 Å². The van der Waals surface area contributed by atoms with Crippen molar-refractivity contribution in [1.82, 2.24) is 0 Å². The molecule has 0 saturated heterocycles. The number of fused-ring (bicyclic) bond motifs is 2. The van der Waals surface area contributed by atoms with E-state index in [2.05, 4.69) is 85.5 Å². The van der Waals surface area contributed by atoms with Crippen LogP contribution in [0.3, 0.4) is 0 Å². The molecule has 2 aliphatic rings. The van der Waals surface area contributed by atoms with Gasteiger partial charge in [-0.15, -0.1) is 0 Å². The van der Waals surface area contributed by atoms with E-state index in [1.807, 2.05) is 18.2 Å². The molecule has 3 aromatic rings. The molecule has 140 valence electrons. The van der Waals surface area contributed by atoms with Crippen LogP contribution in [0.1, 0.15) is 30.5 Å². The van der Waals surface area contributed by atoms with Crippen molar-refractivity contribution in [2.45, 2.75) is 31.5 Å². The summed E-state index contributed by atoms with van der Waals surface area (Å²) in [6.07, 6.45) is 4.35. The Morgan fingerprint density at radius 1 is 0.929 bits per heavy atom. The highest BCUT2D eigenvalue weighted by Gasteiger charge is 2.58. The standard InChI is InChI=1S/C25H22ClNO/c1-24(2)21-10-6-7-11-22(21)27(17-18-8-4-3-5-9-18)25(24)15-14-19-16-20(26)12-13-23(19)28-25/h3-16H,17H2,1-2H3. The molecule has 0 N–H and O–H groups in total. The zero-order chi connectivity index (χ0) is 19.4. The van der Waals surface area contributed by atoms with Gasteiger partial charge in [-0.2, -0.15) is 0 Å². The van der Waals surface area contributed by atoms with Crippen LogP contribution in [0.5, 0.6) is 5.75 Å². The molecule has 0 amide bonds. The van der Waals surface area contributed by atoms with Crippen molar-refractivity contribution in [3.63, 3.8) is 0 Å². The fourth-order valence-electron chi connectivity index (χ4n) is 4.54. The number of anilines is 1. The fraction of sp³-hybridized carbons (Fsp3) is 0.200. The van der Waals surface area contributed by atoms with Crippen LogP contribution in [0.2, 0.25) is 5.02 Å². The molecule has 1 atom stereocenters. The van der Waals surface area contributed by atoms with E-state index >= 15 is 0 Å². The maximum atomic E-state index is 6.80. The van der Waals surface area contributed by atoms with Gasteiger partial charge in [-0.1, -0.05) is 60.1 Å². The van der Waals surface area contributed by atoms with Crippen LogP contribution >= 0.6 is 11.6 Å². The number of ether oxygens (including phenoxy) is 1. The van der Waals surface area contributed by atoms with Gasteiger partial charge in [0.15, 0.2) is 0 Å². The Morgan fingerprint density at radius 2 is 1.68 bits per heavy atom. The molecule has 1 unspecified atom stereocenters. The predicted molar refractivity (Wildman–Crippen MR) is 116 cm³/mol. The molecule has 2 nitrogen and oxygen atoms in total. The summed E-state index contributed by atoms with van der Waals surface area (Å²) in [7, 11) is 0. The SMILES string of the molecule is CC1(C)c2ccccc2N(Cc2ccccc2)C12C=Cc1cc(Cl)ccc1O2. The quantitative estimate of drug-likeness (QED) is 0.501. The summed E-state index contributed by atoms with van der Waals surface area (Å²) >= 11 is 6.19. The zero-order valence-electron chi connectivity index (χ0n) is 16.0. The monoisotopic (exact) mass is 387 g/mol. The van der Waals surface area contributed by atoms with Crippen LogP contribution in [-0.2, 0) is 12.0 Å². The normalized spacial score (nSPS) is 21.3. The van der Waals surface area contributed by atoms with Crippen LogP contribution in [0.25, 0.3) is 6.08 Å². The van der Waals surface area contributed by atoms with Crippen molar-refractivity contribution in [2.75, 3.05) is 4.90 Å². The highest BCUT2D eigenvalue weighted by atomic mass is 35.5. The number of rotatable bonds is 2. The summed E-state index contributed by atoms with van der Waals surface area (Å²) in [6.45, 7) is 5.30. The minimum absolute atomic E-state index is 0.230. The van der Waals surface area contributed by atoms with Crippen molar-refractivity contribution in [2.24, 2.45) is 0 Å². The van der Waals surface area contributed by atoms with E-state index in [0.29, 0.717) is 0 Å². The van der Waals surface area contributed by atoms with E-state index < -0.39 is 5.72 Å². The maximum Gasteiger partial charge on any atom is 0.212 e. The van der Waals surface area contributed by atoms with Gasteiger partial charge in [0.05, 0.1) is 5.41 Å². The summed E-state index contributed by atoms with van der Waals surface area (Å²) in [4.78, 5) is 2.39. The van der Waals surface area contributed by atoms with Crippen molar-refractivity contribution in [3.05, 3.63) is 101 Å². The third kappa shape index (κ3) is 2.41. The van der Waals surface area contributed by atoms with Crippen molar-refractivity contribution < 1.29 is 4.74 Å². The molecular formula is C25H22ClNO. The first-order valence-corrected chi connectivity index (χ1v) is 9.98.